The maximum Gasteiger partial charge on any atom is 0.0345 e. The van der Waals surface area contributed by atoms with E-state index in [0.717, 1.165) is 6.42 Å². The van der Waals surface area contributed by atoms with Gasteiger partial charge in [-0.25, -0.2) is 0 Å². The summed E-state index contributed by atoms with van der Waals surface area (Å²) in [6, 6.07) is 0. The highest BCUT2D eigenvalue weighted by atomic mass is 14.7. The first-order chi connectivity index (χ1) is 2.71. The molecule has 0 aromatic carbocycles. The highest BCUT2D eigenvalue weighted by Crippen LogP contribution is 2.17. The van der Waals surface area contributed by atoms with E-state index in [1.54, 1.807) is 0 Å². The number of rotatable bonds is 0. The predicted molar refractivity (Wildman–Crippen MR) is 26.3 cm³/mol. The molecule has 0 aromatic rings. The molecule has 1 atom stereocenters. The monoisotopic (exact) mass is 83.1 g/mol. The van der Waals surface area contributed by atoms with Gasteiger partial charge in [0, 0.05) is 5.54 Å². The lowest BCUT2D eigenvalue weighted by Crippen LogP contribution is -2.37. The Bertz CT molecular complexity index is 81.9. The molecule has 1 aliphatic carbocycles. The van der Waals surface area contributed by atoms with Gasteiger partial charge in [0.1, 0.15) is 0 Å². The Balaban J connectivity index is 2.57. The second-order valence-electron chi connectivity index (χ2n) is 2.11. The third kappa shape index (κ3) is 0.455. The number of nitrogens with two attached hydrogens (primary N) is 1. The molecule has 0 amide bonds. The van der Waals surface area contributed by atoms with E-state index in [2.05, 4.69) is 6.08 Å². The van der Waals surface area contributed by atoms with Crippen LogP contribution >= 0.6 is 0 Å². The summed E-state index contributed by atoms with van der Waals surface area (Å²) in [6.45, 7) is 2.02. The minimum Gasteiger partial charge on any atom is -0.322 e. The fourth-order valence-corrected chi connectivity index (χ4v) is 0.490. The van der Waals surface area contributed by atoms with E-state index in [1.807, 2.05) is 13.0 Å². The summed E-state index contributed by atoms with van der Waals surface area (Å²) < 4.78 is 0. The van der Waals surface area contributed by atoms with Gasteiger partial charge in [-0.15, -0.1) is 0 Å². The minimum absolute atomic E-state index is 0.0417. The van der Waals surface area contributed by atoms with Crippen LogP contribution in [0.15, 0.2) is 12.2 Å². The molecular formula is C5H9N. The van der Waals surface area contributed by atoms with Crippen molar-refractivity contribution in [2.24, 2.45) is 5.73 Å². The van der Waals surface area contributed by atoms with Gasteiger partial charge < -0.3 is 5.73 Å². The van der Waals surface area contributed by atoms with Crippen molar-refractivity contribution in [2.75, 3.05) is 0 Å². The van der Waals surface area contributed by atoms with Crippen molar-refractivity contribution in [1.82, 2.24) is 0 Å². The van der Waals surface area contributed by atoms with Gasteiger partial charge in [-0.05, 0) is 13.3 Å². The smallest absolute Gasteiger partial charge is 0.0345 e. The van der Waals surface area contributed by atoms with Gasteiger partial charge in [0.15, 0.2) is 0 Å². The average molecular weight is 83.1 g/mol. The first-order valence-electron chi connectivity index (χ1n) is 2.17. The van der Waals surface area contributed by atoms with E-state index < -0.39 is 0 Å². The molecular weight excluding hydrogens is 74.1 g/mol. The summed E-state index contributed by atoms with van der Waals surface area (Å²) in [5.74, 6) is 0. The lowest BCUT2D eigenvalue weighted by Gasteiger charge is -2.25. The van der Waals surface area contributed by atoms with Crippen LogP contribution in [0.1, 0.15) is 13.3 Å². The van der Waals surface area contributed by atoms with Gasteiger partial charge in [0.2, 0.25) is 0 Å². The summed E-state index contributed by atoms with van der Waals surface area (Å²) in [5.41, 5.74) is 5.58. The standard InChI is InChI=1S/C5H9N/c1-5(6)3-2-4-5/h2-3H,4,6H2,1H3/t5-/m0/s1. The van der Waals surface area contributed by atoms with Crippen LogP contribution in [-0.2, 0) is 0 Å². The van der Waals surface area contributed by atoms with Crippen LogP contribution in [0.5, 0.6) is 0 Å². The Kier molecular flexibility index (Phi) is 0.549. The number of hydrogen-bond acceptors (Lipinski definition) is 1. The Morgan fingerprint density at radius 3 is 2.17 bits per heavy atom. The molecule has 0 aromatic heterocycles. The fourth-order valence-electron chi connectivity index (χ4n) is 0.490. The molecule has 0 spiro atoms. The molecule has 0 unspecified atom stereocenters. The van der Waals surface area contributed by atoms with E-state index in [9.17, 15) is 0 Å². The van der Waals surface area contributed by atoms with Crippen molar-refractivity contribution in [3.63, 3.8) is 0 Å². The van der Waals surface area contributed by atoms with E-state index in [1.165, 1.54) is 0 Å². The van der Waals surface area contributed by atoms with Crippen molar-refractivity contribution in [2.45, 2.75) is 18.9 Å². The number of hydrogen-bond donors (Lipinski definition) is 1. The Morgan fingerprint density at radius 1 is 1.83 bits per heavy atom. The second kappa shape index (κ2) is 0.850. The predicted octanol–water partition coefficient (Wildman–Crippen LogP) is 0.664. The van der Waals surface area contributed by atoms with Gasteiger partial charge in [0.25, 0.3) is 0 Å². The first kappa shape index (κ1) is 3.88. The van der Waals surface area contributed by atoms with Gasteiger partial charge in [-0.2, -0.15) is 0 Å². The highest BCUT2D eigenvalue weighted by Gasteiger charge is 2.17. The van der Waals surface area contributed by atoms with Crippen LogP contribution in [0.4, 0.5) is 0 Å². The summed E-state index contributed by atoms with van der Waals surface area (Å²) in [7, 11) is 0. The minimum atomic E-state index is 0.0417. The van der Waals surface area contributed by atoms with Crippen LogP contribution in [-0.4, -0.2) is 5.54 Å². The molecule has 1 rings (SSSR count). The van der Waals surface area contributed by atoms with E-state index in [4.69, 9.17) is 5.73 Å². The molecule has 0 fully saturated rings. The molecule has 1 aliphatic rings. The van der Waals surface area contributed by atoms with Crippen LogP contribution in [0.25, 0.3) is 0 Å². The molecule has 2 N–H and O–H groups in total. The van der Waals surface area contributed by atoms with Crippen molar-refractivity contribution >= 4 is 0 Å². The van der Waals surface area contributed by atoms with Gasteiger partial charge in [-0.3, -0.25) is 0 Å². The zero-order chi connectivity index (χ0) is 4.62. The lowest BCUT2D eigenvalue weighted by atomic mass is 9.89. The first-order valence-corrected chi connectivity index (χ1v) is 2.17. The summed E-state index contributed by atoms with van der Waals surface area (Å²) in [5, 5.41) is 0. The van der Waals surface area contributed by atoms with Crippen molar-refractivity contribution in [1.29, 1.82) is 0 Å². The van der Waals surface area contributed by atoms with Crippen LogP contribution in [0.3, 0.4) is 0 Å². The highest BCUT2D eigenvalue weighted by molar-refractivity contribution is 5.15. The molecule has 34 valence electrons. The quantitative estimate of drug-likeness (QED) is 0.428. The van der Waals surface area contributed by atoms with Crippen LogP contribution in [0, 0.1) is 0 Å². The van der Waals surface area contributed by atoms with Crippen molar-refractivity contribution < 1.29 is 0 Å². The second-order valence-corrected chi connectivity index (χ2v) is 2.11. The van der Waals surface area contributed by atoms with Gasteiger partial charge >= 0.3 is 0 Å². The molecule has 0 heterocycles. The maximum atomic E-state index is 5.53. The SMILES string of the molecule is C[C@]1(N)C=CC1. The molecule has 0 aliphatic heterocycles. The average Bonchev–Trinajstić information content (AvgIpc) is 1.32. The lowest BCUT2D eigenvalue weighted by molar-refractivity contribution is 0.547. The molecule has 0 saturated carbocycles. The Labute approximate surface area is 37.8 Å². The Morgan fingerprint density at radius 2 is 2.17 bits per heavy atom. The van der Waals surface area contributed by atoms with E-state index in [0.29, 0.717) is 0 Å². The third-order valence-corrected chi connectivity index (χ3v) is 1.06. The van der Waals surface area contributed by atoms with E-state index in [-0.39, 0.29) is 5.54 Å². The molecule has 0 radical (unpaired) electrons. The topological polar surface area (TPSA) is 26.0 Å². The van der Waals surface area contributed by atoms with E-state index >= 15 is 0 Å². The van der Waals surface area contributed by atoms with Crippen molar-refractivity contribution in [3.05, 3.63) is 12.2 Å². The largest absolute Gasteiger partial charge is 0.322 e. The molecule has 6 heavy (non-hydrogen) atoms. The van der Waals surface area contributed by atoms with Crippen LogP contribution < -0.4 is 5.73 Å². The van der Waals surface area contributed by atoms with Crippen molar-refractivity contribution in [3.8, 4) is 0 Å². The summed E-state index contributed by atoms with van der Waals surface area (Å²) in [4.78, 5) is 0. The summed E-state index contributed by atoms with van der Waals surface area (Å²) in [6.07, 6.45) is 5.15. The molecule has 0 bridgehead atoms. The Hall–Kier alpha value is -0.300. The molecule has 1 nitrogen and oxygen atoms in total. The molecule has 1 heteroatoms. The fraction of sp³-hybridized carbons (Fsp3) is 0.600. The zero-order valence-corrected chi connectivity index (χ0v) is 3.94. The van der Waals surface area contributed by atoms with Gasteiger partial charge in [0.05, 0.1) is 0 Å². The maximum absolute atomic E-state index is 5.53. The normalized spacial score (nSPS) is 42.3. The van der Waals surface area contributed by atoms with Gasteiger partial charge in [-0.1, -0.05) is 12.2 Å². The summed E-state index contributed by atoms with van der Waals surface area (Å²) >= 11 is 0. The molecule has 0 saturated heterocycles. The van der Waals surface area contributed by atoms with Crippen LogP contribution in [0.2, 0.25) is 0 Å². The zero-order valence-electron chi connectivity index (χ0n) is 3.94. The third-order valence-electron chi connectivity index (χ3n) is 1.06.